The lowest BCUT2D eigenvalue weighted by Crippen LogP contribution is -2.09. The van der Waals surface area contributed by atoms with Gasteiger partial charge < -0.3 is 4.52 Å². The first-order valence-electron chi connectivity index (χ1n) is 5.13. The van der Waals surface area contributed by atoms with Crippen molar-refractivity contribution < 1.29 is 9.09 Å². The van der Waals surface area contributed by atoms with Crippen LogP contribution in [0, 0.1) is 0 Å². The van der Waals surface area contributed by atoms with Crippen molar-refractivity contribution >= 4 is 12.7 Å². The maximum atomic E-state index is 12.5. The van der Waals surface area contributed by atoms with Crippen LogP contribution in [0.25, 0.3) is 0 Å². The Hall–Kier alpha value is -0.850. The minimum Gasteiger partial charge on any atom is -0.325 e. The van der Waals surface area contributed by atoms with Gasteiger partial charge >= 0.3 is 0 Å². The van der Waals surface area contributed by atoms with E-state index in [9.17, 15) is 4.57 Å². The second-order valence-electron chi connectivity index (χ2n) is 3.31. The highest BCUT2D eigenvalue weighted by molar-refractivity contribution is 7.67. The van der Waals surface area contributed by atoms with Crippen LogP contribution in [-0.2, 0) is 9.09 Å². The molecule has 82 valence electrons. The van der Waals surface area contributed by atoms with Crippen molar-refractivity contribution in [2.75, 3.05) is 12.8 Å². The molecule has 0 radical (unpaired) electrons. The van der Waals surface area contributed by atoms with Crippen molar-refractivity contribution in [1.29, 1.82) is 0 Å². The summed E-state index contributed by atoms with van der Waals surface area (Å²) in [7, 11) is -2.71. The first-order chi connectivity index (χ1) is 7.23. The zero-order chi connectivity index (χ0) is 11.1. The van der Waals surface area contributed by atoms with Crippen molar-refractivity contribution in [2.45, 2.75) is 13.3 Å². The molecule has 0 saturated heterocycles. The van der Waals surface area contributed by atoms with Crippen LogP contribution in [0.15, 0.2) is 43.0 Å². The second kappa shape index (κ2) is 5.89. The van der Waals surface area contributed by atoms with Crippen molar-refractivity contribution in [2.24, 2.45) is 0 Å². The molecule has 0 fully saturated rings. The normalized spacial score (nSPS) is 14.5. The van der Waals surface area contributed by atoms with Crippen LogP contribution in [-0.4, -0.2) is 12.8 Å². The monoisotopic (exact) mass is 224 g/mol. The first kappa shape index (κ1) is 12.2. The second-order valence-corrected chi connectivity index (χ2v) is 5.80. The highest BCUT2D eigenvalue weighted by Crippen LogP contribution is 2.45. The molecule has 2 nitrogen and oxygen atoms in total. The van der Waals surface area contributed by atoms with Crippen molar-refractivity contribution in [3.63, 3.8) is 0 Å². The Labute approximate surface area is 91.4 Å². The Kier molecular flexibility index (Phi) is 4.80. The van der Waals surface area contributed by atoms with E-state index in [4.69, 9.17) is 4.52 Å². The van der Waals surface area contributed by atoms with Crippen LogP contribution in [0.5, 0.6) is 0 Å². The van der Waals surface area contributed by atoms with Gasteiger partial charge in [-0.05, 0) is 18.6 Å². The summed E-state index contributed by atoms with van der Waals surface area (Å²) in [6, 6.07) is 9.35. The summed E-state index contributed by atoms with van der Waals surface area (Å²) >= 11 is 0. The predicted molar refractivity (Wildman–Crippen MR) is 65.0 cm³/mol. The lowest BCUT2D eigenvalue weighted by molar-refractivity contribution is 0.321. The van der Waals surface area contributed by atoms with Gasteiger partial charge in [-0.15, -0.1) is 6.58 Å². The molecule has 0 aliphatic rings. The molecule has 1 rings (SSSR count). The SMILES string of the molecule is C=CCP(=O)(OCCC)c1ccccc1. The average molecular weight is 224 g/mol. The molecule has 1 atom stereocenters. The number of rotatable bonds is 6. The van der Waals surface area contributed by atoms with Gasteiger partial charge in [0.25, 0.3) is 0 Å². The molecule has 1 unspecified atom stereocenters. The molecule has 0 aliphatic heterocycles. The molecule has 0 N–H and O–H groups in total. The van der Waals surface area contributed by atoms with Gasteiger partial charge in [0.2, 0.25) is 7.37 Å². The molecule has 1 aromatic rings. The molecule has 0 aromatic heterocycles. The molecular weight excluding hydrogens is 207 g/mol. The quantitative estimate of drug-likeness (QED) is 0.548. The third-order valence-corrected chi connectivity index (χ3v) is 4.45. The predicted octanol–water partition coefficient (Wildman–Crippen LogP) is 3.20. The van der Waals surface area contributed by atoms with Crippen LogP contribution in [0.2, 0.25) is 0 Å². The van der Waals surface area contributed by atoms with E-state index in [1.54, 1.807) is 6.08 Å². The molecule has 0 heterocycles. The summed E-state index contributed by atoms with van der Waals surface area (Å²) < 4.78 is 18.0. The Morgan fingerprint density at radius 3 is 2.60 bits per heavy atom. The van der Waals surface area contributed by atoms with Gasteiger partial charge in [-0.25, -0.2) is 0 Å². The fourth-order valence-electron chi connectivity index (χ4n) is 1.30. The lowest BCUT2D eigenvalue weighted by Gasteiger charge is -2.16. The van der Waals surface area contributed by atoms with E-state index < -0.39 is 7.37 Å². The van der Waals surface area contributed by atoms with E-state index in [0.717, 1.165) is 11.7 Å². The van der Waals surface area contributed by atoms with Gasteiger partial charge in [-0.1, -0.05) is 31.2 Å². The maximum absolute atomic E-state index is 12.5. The van der Waals surface area contributed by atoms with Crippen molar-refractivity contribution in [3.8, 4) is 0 Å². The van der Waals surface area contributed by atoms with Gasteiger partial charge in [-0.2, -0.15) is 0 Å². The van der Waals surface area contributed by atoms with Crippen LogP contribution in [0.4, 0.5) is 0 Å². The van der Waals surface area contributed by atoms with Crippen LogP contribution < -0.4 is 5.30 Å². The van der Waals surface area contributed by atoms with Crippen LogP contribution >= 0.6 is 7.37 Å². The van der Waals surface area contributed by atoms with Crippen LogP contribution in [0.1, 0.15) is 13.3 Å². The molecule has 0 amide bonds. The minimum absolute atomic E-state index is 0.400. The van der Waals surface area contributed by atoms with E-state index in [0.29, 0.717) is 12.8 Å². The van der Waals surface area contributed by atoms with Crippen molar-refractivity contribution in [1.82, 2.24) is 0 Å². The summed E-state index contributed by atoms with van der Waals surface area (Å²) in [4.78, 5) is 0. The minimum atomic E-state index is -2.71. The Balaban J connectivity index is 2.91. The standard InChI is InChI=1S/C12H17O2P/c1-3-10-14-15(13,11-4-2)12-8-6-5-7-9-12/h4-9H,2-3,10-11H2,1H3. The Morgan fingerprint density at radius 1 is 1.40 bits per heavy atom. The number of hydrogen-bond acceptors (Lipinski definition) is 2. The average Bonchev–Trinajstić information content (AvgIpc) is 2.28. The zero-order valence-electron chi connectivity index (χ0n) is 9.06. The first-order valence-corrected chi connectivity index (χ1v) is 6.94. The van der Waals surface area contributed by atoms with E-state index in [1.807, 2.05) is 37.3 Å². The smallest absolute Gasteiger partial charge is 0.235 e. The summed E-state index contributed by atoms with van der Waals surface area (Å²) in [5.41, 5.74) is 0. The Bertz CT molecular complexity index is 346. The summed E-state index contributed by atoms with van der Waals surface area (Å²) in [6.07, 6.45) is 2.93. The topological polar surface area (TPSA) is 26.3 Å². The highest BCUT2D eigenvalue weighted by Gasteiger charge is 2.23. The van der Waals surface area contributed by atoms with Gasteiger partial charge in [0.05, 0.1) is 6.61 Å². The molecule has 15 heavy (non-hydrogen) atoms. The van der Waals surface area contributed by atoms with Gasteiger partial charge in [0.15, 0.2) is 0 Å². The summed E-state index contributed by atoms with van der Waals surface area (Å²) in [6.45, 7) is 6.16. The molecule has 0 saturated carbocycles. The maximum Gasteiger partial charge on any atom is 0.235 e. The molecule has 1 aromatic carbocycles. The lowest BCUT2D eigenvalue weighted by atomic mass is 10.4. The molecule has 0 aliphatic carbocycles. The number of hydrogen-bond donors (Lipinski definition) is 0. The van der Waals surface area contributed by atoms with E-state index in [1.165, 1.54) is 0 Å². The van der Waals surface area contributed by atoms with Gasteiger partial charge in [-0.3, -0.25) is 4.57 Å². The van der Waals surface area contributed by atoms with Gasteiger partial charge in [0, 0.05) is 11.5 Å². The highest BCUT2D eigenvalue weighted by atomic mass is 31.2. The largest absolute Gasteiger partial charge is 0.325 e. The van der Waals surface area contributed by atoms with E-state index in [2.05, 4.69) is 6.58 Å². The fraction of sp³-hybridized carbons (Fsp3) is 0.333. The molecular formula is C12H17O2P. The summed E-state index contributed by atoms with van der Waals surface area (Å²) in [5, 5.41) is 0.776. The summed E-state index contributed by atoms with van der Waals surface area (Å²) in [5.74, 6) is 0. The number of allylic oxidation sites excluding steroid dienone is 1. The van der Waals surface area contributed by atoms with Crippen molar-refractivity contribution in [3.05, 3.63) is 43.0 Å². The third-order valence-electron chi connectivity index (χ3n) is 2.02. The third kappa shape index (κ3) is 3.33. The molecule has 0 spiro atoms. The molecule has 0 bridgehead atoms. The number of benzene rings is 1. The zero-order valence-corrected chi connectivity index (χ0v) is 9.95. The van der Waals surface area contributed by atoms with Gasteiger partial charge in [0.1, 0.15) is 0 Å². The fourth-order valence-corrected chi connectivity index (χ4v) is 3.21. The van der Waals surface area contributed by atoms with Crippen LogP contribution in [0.3, 0.4) is 0 Å². The van der Waals surface area contributed by atoms with E-state index >= 15 is 0 Å². The van der Waals surface area contributed by atoms with E-state index in [-0.39, 0.29) is 0 Å². The molecule has 3 heteroatoms. The Morgan fingerprint density at radius 2 is 2.07 bits per heavy atom.